The van der Waals surface area contributed by atoms with E-state index in [1.807, 2.05) is 0 Å². The predicted molar refractivity (Wildman–Crippen MR) is 74.3 cm³/mol. The summed E-state index contributed by atoms with van der Waals surface area (Å²) in [5.74, 6) is 0.853. The number of benzene rings is 1. The third-order valence-electron chi connectivity index (χ3n) is 2.59. The molecule has 0 radical (unpaired) electrons. The van der Waals surface area contributed by atoms with Gasteiger partial charge < -0.3 is 10.6 Å². The minimum absolute atomic E-state index is 0.391. The molecule has 94 valence electrons. The Kier molecular flexibility index (Phi) is 5.53. The summed E-state index contributed by atoms with van der Waals surface area (Å²) in [6.07, 6.45) is 1.06. The molecular formula is C14H23N3. The number of rotatable bonds is 4. The van der Waals surface area contributed by atoms with Crippen LogP contribution in [0.4, 0.5) is 0 Å². The van der Waals surface area contributed by atoms with E-state index in [1.54, 1.807) is 7.05 Å². The van der Waals surface area contributed by atoms with Gasteiger partial charge in [-0.05, 0) is 31.4 Å². The van der Waals surface area contributed by atoms with Crippen LogP contribution in [0.3, 0.4) is 0 Å². The summed E-state index contributed by atoms with van der Waals surface area (Å²) in [7, 11) is 1.80. The van der Waals surface area contributed by atoms with Crippen molar-refractivity contribution in [1.29, 1.82) is 0 Å². The maximum atomic E-state index is 4.19. The van der Waals surface area contributed by atoms with Crippen molar-refractivity contribution in [1.82, 2.24) is 10.6 Å². The van der Waals surface area contributed by atoms with Crippen molar-refractivity contribution in [2.45, 2.75) is 39.8 Å². The molecule has 0 aromatic heterocycles. The Balaban J connectivity index is 2.60. The minimum Gasteiger partial charge on any atom is -0.354 e. The van der Waals surface area contributed by atoms with E-state index < -0.39 is 0 Å². The van der Waals surface area contributed by atoms with Gasteiger partial charge in [0.25, 0.3) is 0 Å². The number of nitrogens with one attached hydrogen (secondary N) is 2. The molecule has 3 heteroatoms. The fourth-order valence-electron chi connectivity index (χ4n) is 1.72. The first kappa shape index (κ1) is 13.6. The zero-order chi connectivity index (χ0) is 12.7. The van der Waals surface area contributed by atoms with E-state index in [0.717, 1.165) is 18.9 Å². The second kappa shape index (κ2) is 6.94. The number of hydrogen-bond acceptors (Lipinski definition) is 1. The largest absolute Gasteiger partial charge is 0.354 e. The molecule has 0 saturated heterocycles. The number of guanidine groups is 1. The molecule has 0 atom stereocenters. The van der Waals surface area contributed by atoms with Crippen LogP contribution >= 0.6 is 0 Å². The zero-order valence-electron chi connectivity index (χ0n) is 11.2. The third kappa shape index (κ3) is 4.47. The van der Waals surface area contributed by atoms with Crippen LogP contribution < -0.4 is 10.6 Å². The van der Waals surface area contributed by atoms with Gasteiger partial charge in [0.05, 0.1) is 0 Å². The van der Waals surface area contributed by atoms with Crippen LogP contribution in [0.5, 0.6) is 0 Å². The summed E-state index contributed by atoms with van der Waals surface area (Å²) in [5.41, 5.74) is 2.72. The van der Waals surface area contributed by atoms with Crippen LogP contribution in [0.2, 0.25) is 0 Å². The molecule has 2 N–H and O–H groups in total. The van der Waals surface area contributed by atoms with Gasteiger partial charge in [0.2, 0.25) is 0 Å². The molecule has 0 aliphatic carbocycles. The molecule has 0 bridgehead atoms. The van der Waals surface area contributed by atoms with Crippen LogP contribution in [-0.4, -0.2) is 19.0 Å². The molecule has 0 saturated carbocycles. The Labute approximate surface area is 104 Å². The van der Waals surface area contributed by atoms with Gasteiger partial charge in [0.15, 0.2) is 5.96 Å². The summed E-state index contributed by atoms with van der Waals surface area (Å²) in [4.78, 5) is 4.19. The first-order valence-corrected chi connectivity index (χ1v) is 6.21. The molecular weight excluding hydrogens is 210 g/mol. The van der Waals surface area contributed by atoms with Gasteiger partial charge in [0, 0.05) is 19.6 Å². The first-order valence-electron chi connectivity index (χ1n) is 6.21. The Morgan fingerprint density at radius 3 is 2.41 bits per heavy atom. The van der Waals surface area contributed by atoms with Crippen LogP contribution in [0.25, 0.3) is 0 Å². The quantitative estimate of drug-likeness (QED) is 0.618. The lowest BCUT2D eigenvalue weighted by atomic mass is 10.1. The highest BCUT2D eigenvalue weighted by atomic mass is 15.2. The molecule has 0 aliphatic rings. The summed E-state index contributed by atoms with van der Waals surface area (Å²) in [6.45, 7) is 7.20. The number of aryl methyl sites for hydroxylation is 1. The molecule has 1 aromatic carbocycles. The van der Waals surface area contributed by atoms with Crippen LogP contribution in [-0.2, 0) is 13.0 Å². The second-order valence-electron chi connectivity index (χ2n) is 4.35. The lowest BCUT2D eigenvalue weighted by Crippen LogP contribution is -2.40. The smallest absolute Gasteiger partial charge is 0.191 e. The highest BCUT2D eigenvalue weighted by Gasteiger charge is 2.02. The Bertz CT molecular complexity index is 369. The van der Waals surface area contributed by atoms with E-state index >= 15 is 0 Å². The molecule has 3 nitrogen and oxygen atoms in total. The zero-order valence-corrected chi connectivity index (χ0v) is 11.2. The van der Waals surface area contributed by atoms with Gasteiger partial charge in [-0.2, -0.15) is 0 Å². The van der Waals surface area contributed by atoms with Crippen molar-refractivity contribution in [2.24, 2.45) is 4.99 Å². The fourth-order valence-corrected chi connectivity index (χ4v) is 1.72. The SMILES string of the molecule is CCc1ccccc1CNC(=NC)NC(C)C. The van der Waals surface area contributed by atoms with Crippen LogP contribution in [0.15, 0.2) is 29.3 Å². The normalized spacial score (nSPS) is 11.7. The molecule has 1 rings (SSSR count). The maximum absolute atomic E-state index is 4.19. The number of aliphatic imine (C=N–C) groups is 1. The standard InChI is InChI=1S/C14H23N3/c1-5-12-8-6-7-9-13(12)10-16-14(15-4)17-11(2)3/h6-9,11H,5,10H2,1-4H3,(H2,15,16,17). The van der Waals surface area contributed by atoms with Gasteiger partial charge in [-0.3, -0.25) is 4.99 Å². The van der Waals surface area contributed by atoms with E-state index in [0.29, 0.717) is 6.04 Å². The van der Waals surface area contributed by atoms with Gasteiger partial charge in [-0.25, -0.2) is 0 Å². The summed E-state index contributed by atoms with van der Waals surface area (Å²) in [6, 6.07) is 8.89. The molecule has 0 aliphatic heterocycles. The predicted octanol–water partition coefficient (Wildman–Crippen LogP) is 2.32. The topological polar surface area (TPSA) is 36.4 Å². The summed E-state index contributed by atoms with van der Waals surface area (Å²) >= 11 is 0. The Morgan fingerprint density at radius 1 is 1.24 bits per heavy atom. The average molecular weight is 233 g/mol. The van der Waals surface area contributed by atoms with E-state index in [-0.39, 0.29) is 0 Å². The number of nitrogens with zero attached hydrogens (tertiary/aromatic N) is 1. The lowest BCUT2D eigenvalue weighted by molar-refractivity contribution is 0.698. The minimum atomic E-state index is 0.391. The molecule has 0 heterocycles. The number of hydrogen-bond donors (Lipinski definition) is 2. The fraction of sp³-hybridized carbons (Fsp3) is 0.500. The van der Waals surface area contributed by atoms with E-state index in [4.69, 9.17) is 0 Å². The van der Waals surface area contributed by atoms with Crippen molar-refractivity contribution in [3.63, 3.8) is 0 Å². The Hall–Kier alpha value is -1.51. The van der Waals surface area contributed by atoms with Gasteiger partial charge >= 0.3 is 0 Å². The lowest BCUT2D eigenvalue weighted by Gasteiger charge is -2.15. The van der Waals surface area contributed by atoms with E-state index in [9.17, 15) is 0 Å². The van der Waals surface area contributed by atoms with E-state index in [1.165, 1.54) is 11.1 Å². The van der Waals surface area contributed by atoms with E-state index in [2.05, 4.69) is 60.7 Å². The third-order valence-corrected chi connectivity index (χ3v) is 2.59. The summed E-state index contributed by atoms with van der Waals surface area (Å²) in [5, 5.41) is 6.61. The molecule has 0 unspecified atom stereocenters. The van der Waals surface area contributed by atoms with Crippen molar-refractivity contribution < 1.29 is 0 Å². The monoisotopic (exact) mass is 233 g/mol. The second-order valence-corrected chi connectivity index (χ2v) is 4.35. The molecule has 1 aromatic rings. The average Bonchev–Trinajstić information content (AvgIpc) is 2.34. The Morgan fingerprint density at radius 2 is 1.88 bits per heavy atom. The summed E-state index contributed by atoms with van der Waals surface area (Å²) < 4.78 is 0. The van der Waals surface area contributed by atoms with Gasteiger partial charge in [-0.15, -0.1) is 0 Å². The van der Waals surface area contributed by atoms with Crippen molar-refractivity contribution in [2.75, 3.05) is 7.05 Å². The van der Waals surface area contributed by atoms with Crippen LogP contribution in [0, 0.1) is 0 Å². The molecule has 0 spiro atoms. The van der Waals surface area contributed by atoms with Crippen molar-refractivity contribution in [3.05, 3.63) is 35.4 Å². The maximum Gasteiger partial charge on any atom is 0.191 e. The first-order chi connectivity index (χ1) is 8.17. The highest BCUT2D eigenvalue weighted by molar-refractivity contribution is 5.79. The van der Waals surface area contributed by atoms with Gasteiger partial charge in [0.1, 0.15) is 0 Å². The van der Waals surface area contributed by atoms with Crippen molar-refractivity contribution >= 4 is 5.96 Å². The van der Waals surface area contributed by atoms with Crippen molar-refractivity contribution in [3.8, 4) is 0 Å². The van der Waals surface area contributed by atoms with Crippen LogP contribution in [0.1, 0.15) is 31.9 Å². The van der Waals surface area contributed by atoms with Gasteiger partial charge in [-0.1, -0.05) is 31.2 Å². The highest BCUT2D eigenvalue weighted by Crippen LogP contribution is 2.08. The molecule has 0 amide bonds. The molecule has 17 heavy (non-hydrogen) atoms. The molecule has 0 fully saturated rings.